The van der Waals surface area contributed by atoms with E-state index in [1.54, 1.807) is 5.57 Å². The average molecular weight is 486 g/mol. The molecular formula is C24H31N5O2S2. The molecule has 1 aliphatic carbocycles. The minimum Gasteiger partial charge on any atom is -0.348 e. The van der Waals surface area contributed by atoms with Crippen LogP contribution in [0.2, 0.25) is 0 Å². The first-order valence-electron chi connectivity index (χ1n) is 11.4. The van der Waals surface area contributed by atoms with E-state index in [1.807, 2.05) is 33.8 Å². The lowest BCUT2D eigenvalue weighted by Gasteiger charge is -2.15. The number of allylic oxidation sites excluding steroid dienone is 2. The summed E-state index contributed by atoms with van der Waals surface area (Å²) in [7, 11) is 0. The Morgan fingerprint density at radius 3 is 2.70 bits per heavy atom. The Bertz CT molecular complexity index is 1280. The van der Waals surface area contributed by atoms with E-state index in [-0.39, 0.29) is 17.1 Å². The summed E-state index contributed by atoms with van der Waals surface area (Å²) in [4.78, 5) is 26.2. The molecular weight excluding hydrogens is 454 g/mol. The second kappa shape index (κ2) is 9.54. The van der Waals surface area contributed by atoms with Gasteiger partial charge in [0.2, 0.25) is 4.96 Å². The predicted octanol–water partition coefficient (Wildman–Crippen LogP) is 5.13. The van der Waals surface area contributed by atoms with E-state index in [4.69, 9.17) is 0 Å². The van der Waals surface area contributed by atoms with E-state index >= 15 is 0 Å². The monoisotopic (exact) mass is 485 g/mol. The van der Waals surface area contributed by atoms with Crippen molar-refractivity contribution in [1.82, 2.24) is 24.4 Å². The number of aryl methyl sites for hydroxylation is 1. The number of carbonyl (C=O) groups excluding carboxylic acids is 1. The van der Waals surface area contributed by atoms with Gasteiger partial charge in [-0.2, -0.15) is 4.52 Å². The fourth-order valence-electron chi connectivity index (χ4n) is 4.25. The summed E-state index contributed by atoms with van der Waals surface area (Å²) >= 11 is 2.63. The van der Waals surface area contributed by atoms with Gasteiger partial charge in [0, 0.05) is 28.9 Å². The molecule has 0 atom stereocenters. The van der Waals surface area contributed by atoms with Crippen LogP contribution in [0.4, 0.5) is 0 Å². The number of thioether (sulfide) groups is 1. The molecule has 7 nitrogen and oxygen atoms in total. The predicted molar refractivity (Wildman–Crippen MR) is 134 cm³/mol. The van der Waals surface area contributed by atoms with Crippen molar-refractivity contribution in [3.8, 4) is 0 Å². The molecule has 4 rings (SSSR count). The Balaban J connectivity index is 1.45. The molecule has 0 N–H and O–H groups in total. The van der Waals surface area contributed by atoms with Gasteiger partial charge in [0.05, 0.1) is 5.75 Å². The van der Waals surface area contributed by atoms with E-state index in [0.717, 1.165) is 29.9 Å². The van der Waals surface area contributed by atoms with Crippen LogP contribution < -0.4 is 5.56 Å². The number of hydrogen-bond donors (Lipinski definition) is 0. The highest BCUT2D eigenvalue weighted by molar-refractivity contribution is 8.01. The normalized spacial score (nSPS) is 14.6. The standard InChI is InChI=1S/C24H31N5O2S2/c1-15-13-18(16(2)28(15)12-11-17-9-7-6-8-10-17)19(30)14-32-23-27-29-21(31)20(24(3,4)5)25-26-22(29)33-23/h9,13H,6-8,10-12,14H2,1-5H3. The zero-order valence-electron chi connectivity index (χ0n) is 20.0. The van der Waals surface area contributed by atoms with Crippen molar-refractivity contribution in [1.29, 1.82) is 0 Å². The van der Waals surface area contributed by atoms with E-state index in [2.05, 4.69) is 32.9 Å². The zero-order chi connectivity index (χ0) is 23.8. The van der Waals surface area contributed by atoms with E-state index in [9.17, 15) is 9.59 Å². The van der Waals surface area contributed by atoms with Gasteiger partial charge in [-0.15, -0.1) is 15.3 Å². The highest BCUT2D eigenvalue weighted by Gasteiger charge is 2.23. The van der Waals surface area contributed by atoms with E-state index in [0.29, 0.717) is 15.0 Å². The molecule has 0 amide bonds. The molecule has 0 unspecified atom stereocenters. The van der Waals surface area contributed by atoms with Gasteiger partial charge in [-0.3, -0.25) is 9.59 Å². The largest absolute Gasteiger partial charge is 0.348 e. The number of ketones is 1. The Morgan fingerprint density at radius 2 is 2.00 bits per heavy atom. The van der Waals surface area contributed by atoms with E-state index in [1.165, 1.54) is 53.3 Å². The van der Waals surface area contributed by atoms with Gasteiger partial charge in [0.15, 0.2) is 10.1 Å². The van der Waals surface area contributed by atoms with Gasteiger partial charge < -0.3 is 4.57 Å². The molecule has 176 valence electrons. The molecule has 1 aliphatic rings. The summed E-state index contributed by atoms with van der Waals surface area (Å²) in [6, 6.07) is 2.00. The van der Waals surface area contributed by atoms with Crippen molar-refractivity contribution in [2.24, 2.45) is 0 Å². The SMILES string of the molecule is Cc1cc(C(=O)CSc2nn3c(=O)c(C(C)(C)C)nnc3s2)c(C)n1CCC1=CCCCC1. The topological polar surface area (TPSA) is 82.2 Å². The summed E-state index contributed by atoms with van der Waals surface area (Å²) < 4.78 is 4.20. The number of hydrogen-bond acceptors (Lipinski definition) is 7. The van der Waals surface area contributed by atoms with Crippen molar-refractivity contribution in [3.05, 3.63) is 50.7 Å². The zero-order valence-corrected chi connectivity index (χ0v) is 21.6. The maximum Gasteiger partial charge on any atom is 0.297 e. The van der Waals surface area contributed by atoms with Crippen molar-refractivity contribution in [2.75, 3.05) is 5.75 Å². The first-order valence-corrected chi connectivity index (χ1v) is 13.2. The lowest BCUT2D eigenvalue weighted by Crippen LogP contribution is -2.30. The van der Waals surface area contributed by atoms with Crippen LogP contribution >= 0.6 is 23.1 Å². The molecule has 0 saturated carbocycles. The van der Waals surface area contributed by atoms with Crippen LogP contribution in [0, 0.1) is 13.8 Å². The quantitative estimate of drug-likeness (QED) is 0.262. The molecule has 0 fully saturated rings. The molecule has 0 spiro atoms. The summed E-state index contributed by atoms with van der Waals surface area (Å²) in [6.07, 6.45) is 8.43. The van der Waals surface area contributed by atoms with Crippen LogP contribution in [-0.2, 0) is 12.0 Å². The summed E-state index contributed by atoms with van der Waals surface area (Å²) in [5.41, 5.74) is 4.18. The lowest BCUT2D eigenvalue weighted by molar-refractivity contribution is 0.102. The minimum absolute atomic E-state index is 0.0734. The first-order chi connectivity index (χ1) is 15.6. The van der Waals surface area contributed by atoms with Gasteiger partial charge in [0.1, 0.15) is 5.69 Å². The lowest BCUT2D eigenvalue weighted by atomic mass is 9.93. The molecule has 3 heterocycles. The Morgan fingerprint density at radius 1 is 1.21 bits per heavy atom. The van der Waals surface area contributed by atoms with Crippen LogP contribution in [0.15, 0.2) is 26.8 Å². The van der Waals surface area contributed by atoms with Gasteiger partial charge in [-0.1, -0.05) is 55.5 Å². The smallest absolute Gasteiger partial charge is 0.297 e. The minimum atomic E-state index is -0.409. The number of rotatable bonds is 7. The fraction of sp³-hybridized carbons (Fsp3) is 0.542. The molecule has 3 aromatic rings. The maximum absolute atomic E-state index is 13.0. The third-order valence-electron chi connectivity index (χ3n) is 6.12. The molecule has 3 aromatic heterocycles. The summed E-state index contributed by atoms with van der Waals surface area (Å²) in [6.45, 7) is 10.8. The van der Waals surface area contributed by atoms with Gasteiger partial charge in [-0.05, 0) is 52.0 Å². The molecule has 33 heavy (non-hydrogen) atoms. The Hall–Kier alpha value is -2.26. The molecule has 0 bridgehead atoms. The third-order valence-corrected chi connectivity index (χ3v) is 8.16. The number of carbonyl (C=O) groups is 1. The van der Waals surface area contributed by atoms with Crippen LogP contribution in [0.25, 0.3) is 4.96 Å². The van der Waals surface area contributed by atoms with Crippen molar-refractivity contribution in [2.45, 2.75) is 83.0 Å². The molecule has 0 saturated heterocycles. The highest BCUT2D eigenvalue weighted by atomic mass is 32.2. The van der Waals surface area contributed by atoms with E-state index < -0.39 is 5.41 Å². The second-order valence-corrected chi connectivity index (χ2v) is 11.9. The van der Waals surface area contributed by atoms with Gasteiger partial charge in [0.25, 0.3) is 5.56 Å². The molecule has 0 aromatic carbocycles. The average Bonchev–Trinajstić information content (AvgIpc) is 3.31. The number of aromatic nitrogens is 5. The first kappa shape index (κ1) is 23.9. The summed E-state index contributed by atoms with van der Waals surface area (Å²) in [5.74, 6) is 0.341. The third kappa shape index (κ3) is 5.14. The van der Waals surface area contributed by atoms with Crippen LogP contribution in [0.1, 0.15) is 80.3 Å². The van der Waals surface area contributed by atoms with Crippen LogP contribution in [0.5, 0.6) is 0 Å². The van der Waals surface area contributed by atoms with Crippen LogP contribution in [0.3, 0.4) is 0 Å². The number of fused-ring (bicyclic) bond motifs is 1. The molecule has 0 aliphatic heterocycles. The highest BCUT2D eigenvalue weighted by Crippen LogP contribution is 2.27. The van der Waals surface area contributed by atoms with Crippen molar-refractivity contribution in [3.63, 3.8) is 0 Å². The van der Waals surface area contributed by atoms with Crippen LogP contribution in [-0.4, -0.2) is 35.9 Å². The molecule has 0 radical (unpaired) electrons. The van der Waals surface area contributed by atoms with Crippen molar-refractivity contribution >= 4 is 33.8 Å². The number of Topliss-reactive ketones (excluding diaryl/α,β-unsaturated/α-hetero) is 1. The summed E-state index contributed by atoms with van der Waals surface area (Å²) in [5, 5.41) is 12.7. The second-order valence-electron chi connectivity index (χ2n) is 9.67. The van der Waals surface area contributed by atoms with Gasteiger partial charge >= 0.3 is 0 Å². The Kier molecular flexibility index (Phi) is 6.91. The fourth-order valence-corrected chi connectivity index (χ4v) is 6.00. The van der Waals surface area contributed by atoms with Gasteiger partial charge in [-0.25, -0.2) is 0 Å². The molecule has 9 heteroatoms. The Labute approximate surface area is 202 Å². The maximum atomic E-state index is 13.0. The number of nitrogens with zero attached hydrogens (tertiary/aromatic N) is 5. The van der Waals surface area contributed by atoms with Crippen molar-refractivity contribution < 1.29 is 4.79 Å².